The maximum absolute atomic E-state index is 5.66. The molecule has 2 radical (unpaired) electrons. The van der Waals surface area contributed by atoms with Gasteiger partial charge in [-0.25, -0.2) is 0 Å². The molecular weight excluding hydrogens is 238 g/mol. The second-order valence-electron chi connectivity index (χ2n) is 3.35. The lowest BCUT2D eigenvalue weighted by Gasteiger charge is -2.21. The molecule has 1 aliphatic rings. The van der Waals surface area contributed by atoms with Gasteiger partial charge in [0.25, 0.3) is 0 Å². The van der Waals surface area contributed by atoms with Gasteiger partial charge in [-0.2, -0.15) is 0 Å². The van der Waals surface area contributed by atoms with Crippen LogP contribution in [-0.4, -0.2) is 46.4 Å². The summed E-state index contributed by atoms with van der Waals surface area (Å²) in [5.41, 5.74) is -1.97. The Morgan fingerprint density at radius 3 is 2.86 bits per heavy atom. The maximum Gasteiger partial charge on any atom is 0.114 e. The molecule has 0 bridgehead atoms. The van der Waals surface area contributed by atoms with Gasteiger partial charge < -0.3 is 14.0 Å². The van der Waals surface area contributed by atoms with Gasteiger partial charge in [0.15, 0.2) is 0 Å². The SMILES string of the molecule is [B][C@H]1CC(OP(C)(=S)S)[C@@H](COC)O1. The first-order valence-corrected chi connectivity index (χ1v) is 8.63. The Hall–Kier alpha value is 0.945. The van der Waals surface area contributed by atoms with Crippen molar-refractivity contribution < 1.29 is 14.0 Å². The Morgan fingerprint density at radius 1 is 1.71 bits per heavy atom. The summed E-state index contributed by atoms with van der Waals surface area (Å²) in [6.45, 7) is 2.29. The molecule has 7 heteroatoms. The molecule has 1 heterocycles. The average Bonchev–Trinajstić information content (AvgIpc) is 2.28. The van der Waals surface area contributed by atoms with E-state index in [1.54, 1.807) is 7.11 Å². The minimum Gasteiger partial charge on any atom is -0.382 e. The summed E-state index contributed by atoms with van der Waals surface area (Å²) in [6, 6.07) is -0.282. The third-order valence-electron chi connectivity index (χ3n) is 1.89. The molecule has 0 amide bonds. The third kappa shape index (κ3) is 4.21. The van der Waals surface area contributed by atoms with Crippen LogP contribution < -0.4 is 0 Å². The average molecular weight is 252 g/mol. The highest BCUT2D eigenvalue weighted by atomic mass is 32.9. The van der Waals surface area contributed by atoms with Crippen molar-refractivity contribution in [2.24, 2.45) is 0 Å². The van der Waals surface area contributed by atoms with Gasteiger partial charge in [0.2, 0.25) is 0 Å². The molecule has 14 heavy (non-hydrogen) atoms. The van der Waals surface area contributed by atoms with E-state index in [0.29, 0.717) is 13.0 Å². The number of thiol groups is 1. The topological polar surface area (TPSA) is 27.7 Å². The van der Waals surface area contributed by atoms with Crippen LogP contribution in [0.3, 0.4) is 0 Å². The predicted molar refractivity (Wildman–Crippen MR) is 65.0 cm³/mol. The second-order valence-corrected chi connectivity index (χ2v) is 10.4. The van der Waals surface area contributed by atoms with Crippen LogP contribution in [0.15, 0.2) is 0 Å². The molecule has 0 aromatic heterocycles. The quantitative estimate of drug-likeness (QED) is 0.462. The Balaban J connectivity index is 2.53. The normalized spacial score (nSPS) is 36.9. The minimum absolute atomic E-state index is 0.0849. The summed E-state index contributed by atoms with van der Waals surface area (Å²) >= 11 is 9.35. The lowest BCUT2D eigenvalue weighted by molar-refractivity contribution is -0.00743. The highest BCUT2D eigenvalue weighted by Crippen LogP contribution is 2.50. The molecule has 4 atom stereocenters. The van der Waals surface area contributed by atoms with Crippen molar-refractivity contribution in [3.63, 3.8) is 0 Å². The molecule has 0 aromatic rings. The molecule has 0 spiro atoms. The summed E-state index contributed by atoms with van der Waals surface area (Å²) in [4.78, 5) is 0. The fraction of sp³-hybridized carbons (Fsp3) is 1.00. The first-order valence-electron chi connectivity index (χ1n) is 4.31. The molecule has 80 valence electrons. The summed E-state index contributed by atoms with van der Waals surface area (Å²) in [7, 11) is 7.28. The molecule has 0 N–H and O–H groups in total. The summed E-state index contributed by atoms with van der Waals surface area (Å²) in [6.07, 6.45) is 0.448. The number of hydrogen-bond donors (Lipinski definition) is 1. The lowest BCUT2D eigenvalue weighted by atomic mass is 9.96. The Bertz CT molecular complexity index is 235. The molecule has 1 rings (SSSR count). The van der Waals surface area contributed by atoms with Crippen molar-refractivity contribution in [1.29, 1.82) is 0 Å². The van der Waals surface area contributed by atoms with E-state index in [0.717, 1.165) is 0 Å². The molecule has 1 fully saturated rings. The van der Waals surface area contributed by atoms with Crippen molar-refractivity contribution in [3.8, 4) is 0 Å². The number of methoxy groups -OCH3 is 1. The van der Waals surface area contributed by atoms with E-state index in [-0.39, 0.29) is 18.2 Å². The van der Waals surface area contributed by atoms with Crippen molar-refractivity contribution in [2.75, 3.05) is 20.4 Å². The standard InChI is InChI=1S/C7H14BO3PS2/c1-9-4-6-5(3-7(8)10-6)11-12(2,13)14/h5-7H,3-4H2,1-2H3,(H,13,14)/t5?,6-,7-/m1/s1. The van der Waals surface area contributed by atoms with Crippen molar-refractivity contribution in [3.05, 3.63) is 0 Å². The van der Waals surface area contributed by atoms with Gasteiger partial charge in [0, 0.05) is 13.1 Å². The monoisotopic (exact) mass is 252 g/mol. The molecule has 2 unspecified atom stereocenters. The van der Waals surface area contributed by atoms with Crippen LogP contribution in [0.5, 0.6) is 0 Å². The van der Waals surface area contributed by atoms with Gasteiger partial charge in [-0.05, 0) is 13.1 Å². The van der Waals surface area contributed by atoms with Crippen LogP contribution in [0.1, 0.15) is 6.42 Å². The van der Waals surface area contributed by atoms with Gasteiger partial charge in [-0.15, -0.1) is 12.2 Å². The van der Waals surface area contributed by atoms with Crippen LogP contribution in [0.25, 0.3) is 0 Å². The zero-order valence-corrected chi connectivity index (χ0v) is 10.9. The predicted octanol–water partition coefficient (Wildman–Crippen LogP) is 1.17. The van der Waals surface area contributed by atoms with Crippen molar-refractivity contribution in [2.45, 2.75) is 24.6 Å². The second kappa shape index (κ2) is 5.33. The fourth-order valence-corrected chi connectivity index (χ4v) is 2.84. The number of rotatable bonds is 4. The van der Waals surface area contributed by atoms with Gasteiger partial charge in [0.05, 0.1) is 12.7 Å². The van der Waals surface area contributed by atoms with Crippen LogP contribution in [0.2, 0.25) is 0 Å². The highest BCUT2D eigenvalue weighted by molar-refractivity contribution is 8.61. The van der Waals surface area contributed by atoms with Crippen LogP contribution in [0.4, 0.5) is 0 Å². The van der Waals surface area contributed by atoms with Crippen molar-refractivity contribution in [1.82, 2.24) is 0 Å². The first kappa shape index (κ1) is 13.0. The zero-order chi connectivity index (χ0) is 10.8. The van der Waals surface area contributed by atoms with E-state index in [4.69, 9.17) is 33.7 Å². The smallest absolute Gasteiger partial charge is 0.114 e. The highest BCUT2D eigenvalue weighted by Gasteiger charge is 2.35. The molecule has 3 nitrogen and oxygen atoms in total. The largest absolute Gasteiger partial charge is 0.382 e. The van der Waals surface area contributed by atoms with Gasteiger partial charge >= 0.3 is 0 Å². The fourth-order valence-electron chi connectivity index (χ4n) is 1.42. The zero-order valence-electron chi connectivity index (χ0n) is 8.25. The first-order chi connectivity index (χ1) is 6.42. The molecule has 1 aliphatic heterocycles. The van der Waals surface area contributed by atoms with Gasteiger partial charge in [-0.1, -0.05) is 11.8 Å². The Morgan fingerprint density at radius 2 is 2.36 bits per heavy atom. The van der Waals surface area contributed by atoms with E-state index >= 15 is 0 Å². The molecule has 1 saturated heterocycles. The van der Waals surface area contributed by atoms with Gasteiger partial charge in [-0.3, -0.25) is 0 Å². The van der Waals surface area contributed by atoms with Crippen LogP contribution in [-0.2, 0) is 25.8 Å². The number of ether oxygens (including phenoxy) is 2. The van der Waals surface area contributed by atoms with Crippen LogP contribution in [0, 0.1) is 0 Å². The van der Waals surface area contributed by atoms with Gasteiger partial charge in [0.1, 0.15) is 19.4 Å². The third-order valence-corrected chi connectivity index (χ3v) is 3.09. The summed E-state index contributed by atoms with van der Waals surface area (Å²) < 4.78 is 16.1. The van der Waals surface area contributed by atoms with Crippen molar-refractivity contribution >= 4 is 37.4 Å². The molecule has 0 saturated carbocycles. The van der Waals surface area contributed by atoms with E-state index in [1.165, 1.54) is 0 Å². The van der Waals surface area contributed by atoms with E-state index in [9.17, 15) is 0 Å². The molecular formula is C7H14BO3PS2. The maximum atomic E-state index is 5.66. The molecule has 0 aromatic carbocycles. The van der Waals surface area contributed by atoms with E-state index < -0.39 is 5.47 Å². The Kier molecular flexibility index (Phi) is 4.95. The van der Waals surface area contributed by atoms with E-state index in [1.807, 2.05) is 6.66 Å². The number of hydrogen-bond acceptors (Lipinski definition) is 4. The summed E-state index contributed by atoms with van der Waals surface area (Å²) in [5, 5.41) is 0. The molecule has 0 aliphatic carbocycles. The lowest BCUT2D eigenvalue weighted by Crippen LogP contribution is -2.27. The summed E-state index contributed by atoms with van der Waals surface area (Å²) in [5.74, 6) is 0. The Labute approximate surface area is 96.5 Å². The minimum atomic E-state index is -1.97. The van der Waals surface area contributed by atoms with E-state index in [2.05, 4.69) is 12.2 Å². The van der Waals surface area contributed by atoms with Crippen LogP contribution >= 0.6 is 17.7 Å².